The van der Waals surface area contributed by atoms with Crippen LogP contribution in [0.1, 0.15) is 25.5 Å². The van der Waals surface area contributed by atoms with Crippen molar-refractivity contribution in [3.05, 3.63) is 35.6 Å². The molecule has 4 heteroatoms. The van der Waals surface area contributed by atoms with Gasteiger partial charge in [-0.25, -0.2) is 4.39 Å². The predicted octanol–water partition coefficient (Wildman–Crippen LogP) is 2.90. The first-order valence-electron chi connectivity index (χ1n) is 6.92. The maximum Gasteiger partial charge on any atom is 0.127 e. The van der Waals surface area contributed by atoms with Crippen LogP contribution in [0.25, 0.3) is 0 Å². The predicted molar refractivity (Wildman–Crippen MR) is 80.9 cm³/mol. The van der Waals surface area contributed by atoms with E-state index in [2.05, 4.69) is 18.7 Å². The van der Waals surface area contributed by atoms with Crippen LogP contribution in [0.4, 0.5) is 4.39 Å². The van der Waals surface area contributed by atoms with Crippen molar-refractivity contribution in [3.63, 3.8) is 0 Å². The van der Waals surface area contributed by atoms with Gasteiger partial charge in [0.1, 0.15) is 5.82 Å². The molecule has 1 saturated heterocycles. The van der Waals surface area contributed by atoms with Gasteiger partial charge in [-0.05, 0) is 12.0 Å². The molecule has 1 aliphatic rings. The summed E-state index contributed by atoms with van der Waals surface area (Å²) in [6, 6.07) is 6.61. The van der Waals surface area contributed by atoms with E-state index in [1.807, 2.05) is 17.8 Å². The van der Waals surface area contributed by atoms with Crippen molar-refractivity contribution in [1.82, 2.24) is 4.90 Å². The van der Waals surface area contributed by atoms with Crippen molar-refractivity contribution in [2.75, 3.05) is 25.4 Å². The molecule has 0 spiro atoms. The number of nitrogens with two attached hydrogens (primary N) is 1. The third-order valence-corrected chi connectivity index (χ3v) is 4.89. The number of thioether (sulfide) groups is 1. The maximum absolute atomic E-state index is 13.7. The fraction of sp³-hybridized carbons (Fsp3) is 0.600. The Morgan fingerprint density at radius 2 is 2.21 bits per heavy atom. The number of nitrogens with zero attached hydrogens (tertiary/aromatic N) is 1. The Morgan fingerprint density at radius 1 is 1.47 bits per heavy atom. The fourth-order valence-electron chi connectivity index (χ4n) is 2.63. The summed E-state index contributed by atoms with van der Waals surface area (Å²) in [6.45, 7) is 7.55. The summed E-state index contributed by atoms with van der Waals surface area (Å²) in [5.41, 5.74) is 6.85. The Kier molecular flexibility index (Phi) is 5.25. The largest absolute Gasteiger partial charge is 0.324 e. The second-order valence-corrected chi connectivity index (χ2v) is 7.01. The van der Waals surface area contributed by atoms with Gasteiger partial charge in [0.2, 0.25) is 0 Å². The zero-order valence-electron chi connectivity index (χ0n) is 11.7. The highest BCUT2D eigenvalue weighted by atomic mass is 32.2. The average Bonchev–Trinajstić information content (AvgIpc) is 2.38. The number of hydrogen-bond acceptors (Lipinski definition) is 3. The van der Waals surface area contributed by atoms with Gasteiger partial charge in [0.05, 0.1) is 0 Å². The third-order valence-electron chi connectivity index (χ3n) is 3.75. The van der Waals surface area contributed by atoms with Crippen molar-refractivity contribution in [2.24, 2.45) is 11.7 Å². The molecule has 19 heavy (non-hydrogen) atoms. The van der Waals surface area contributed by atoms with Crippen LogP contribution in [0.15, 0.2) is 24.3 Å². The molecule has 0 saturated carbocycles. The van der Waals surface area contributed by atoms with E-state index in [1.54, 1.807) is 12.1 Å². The van der Waals surface area contributed by atoms with Gasteiger partial charge in [0.25, 0.3) is 0 Å². The first-order valence-corrected chi connectivity index (χ1v) is 7.96. The Hall–Kier alpha value is -0.580. The molecule has 2 N–H and O–H groups in total. The molecule has 1 fully saturated rings. The lowest BCUT2D eigenvalue weighted by molar-refractivity contribution is 0.230. The zero-order chi connectivity index (χ0) is 13.8. The Balaban J connectivity index is 1.95. The van der Waals surface area contributed by atoms with Gasteiger partial charge in [0.15, 0.2) is 0 Å². The highest BCUT2D eigenvalue weighted by molar-refractivity contribution is 7.99. The summed E-state index contributed by atoms with van der Waals surface area (Å²) < 4.78 is 13.7. The molecule has 0 aromatic heterocycles. The lowest BCUT2D eigenvalue weighted by Crippen LogP contribution is -2.41. The summed E-state index contributed by atoms with van der Waals surface area (Å²) in [4.78, 5) is 2.45. The molecule has 0 bridgehead atoms. The van der Waals surface area contributed by atoms with E-state index >= 15 is 0 Å². The van der Waals surface area contributed by atoms with Crippen LogP contribution in [0.5, 0.6) is 0 Å². The fourth-order valence-corrected chi connectivity index (χ4v) is 3.71. The number of rotatable bonds is 4. The lowest BCUT2D eigenvalue weighted by atomic mass is 9.94. The SMILES string of the molecule is CC1CN(CC(C)C(N)c2ccccc2F)CCS1. The summed E-state index contributed by atoms with van der Waals surface area (Å²) in [5.74, 6) is 1.25. The van der Waals surface area contributed by atoms with Crippen LogP contribution in [0.2, 0.25) is 0 Å². The molecule has 1 aliphatic heterocycles. The van der Waals surface area contributed by atoms with Crippen LogP contribution in [0, 0.1) is 11.7 Å². The van der Waals surface area contributed by atoms with Gasteiger partial charge in [-0.3, -0.25) is 0 Å². The number of benzene rings is 1. The molecule has 0 aliphatic carbocycles. The minimum absolute atomic E-state index is 0.190. The molecule has 2 nitrogen and oxygen atoms in total. The Bertz CT molecular complexity index is 413. The van der Waals surface area contributed by atoms with Gasteiger partial charge in [-0.1, -0.05) is 32.0 Å². The van der Waals surface area contributed by atoms with E-state index in [4.69, 9.17) is 5.73 Å². The van der Waals surface area contributed by atoms with Crippen molar-refractivity contribution in [3.8, 4) is 0 Å². The molecule has 106 valence electrons. The molecule has 0 radical (unpaired) electrons. The van der Waals surface area contributed by atoms with E-state index in [0.29, 0.717) is 10.8 Å². The van der Waals surface area contributed by atoms with E-state index in [0.717, 1.165) is 19.6 Å². The van der Waals surface area contributed by atoms with Crippen LogP contribution in [-0.2, 0) is 0 Å². The summed E-state index contributed by atoms with van der Waals surface area (Å²) >= 11 is 2.02. The van der Waals surface area contributed by atoms with E-state index in [1.165, 1.54) is 11.8 Å². The third kappa shape index (κ3) is 3.94. The molecule has 2 rings (SSSR count). The molecular weight excluding hydrogens is 259 g/mol. The summed E-state index contributed by atoms with van der Waals surface area (Å²) in [7, 11) is 0. The Labute approximate surface area is 119 Å². The highest BCUT2D eigenvalue weighted by Crippen LogP contribution is 2.25. The molecule has 3 unspecified atom stereocenters. The van der Waals surface area contributed by atoms with Crippen LogP contribution < -0.4 is 5.73 Å². The first kappa shape index (κ1) is 14.8. The molecule has 0 amide bonds. The van der Waals surface area contributed by atoms with Crippen LogP contribution in [-0.4, -0.2) is 35.5 Å². The normalized spacial score (nSPS) is 24.1. The van der Waals surface area contributed by atoms with Gasteiger partial charge in [0, 0.05) is 42.2 Å². The van der Waals surface area contributed by atoms with Gasteiger partial charge in [-0.2, -0.15) is 11.8 Å². The summed E-state index contributed by atoms with van der Waals surface area (Å²) in [6.07, 6.45) is 0. The smallest absolute Gasteiger partial charge is 0.127 e. The van der Waals surface area contributed by atoms with Crippen molar-refractivity contribution in [1.29, 1.82) is 0 Å². The molecule has 3 atom stereocenters. The quantitative estimate of drug-likeness (QED) is 0.921. The van der Waals surface area contributed by atoms with Gasteiger partial charge >= 0.3 is 0 Å². The first-order chi connectivity index (χ1) is 9.08. The topological polar surface area (TPSA) is 29.3 Å². The van der Waals surface area contributed by atoms with E-state index < -0.39 is 0 Å². The maximum atomic E-state index is 13.7. The van der Waals surface area contributed by atoms with Crippen molar-refractivity contribution >= 4 is 11.8 Å². The highest BCUT2D eigenvalue weighted by Gasteiger charge is 2.23. The van der Waals surface area contributed by atoms with E-state index in [9.17, 15) is 4.39 Å². The minimum Gasteiger partial charge on any atom is -0.324 e. The molecule has 1 aromatic carbocycles. The van der Waals surface area contributed by atoms with Crippen molar-refractivity contribution < 1.29 is 4.39 Å². The molecule has 1 aromatic rings. The van der Waals surface area contributed by atoms with Gasteiger partial charge < -0.3 is 10.6 Å². The minimum atomic E-state index is -0.230. The number of halogens is 1. The lowest BCUT2D eigenvalue weighted by Gasteiger charge is -2.34. The Morgan fingerprint density at radius 3 is 2.89 bits per heavy atom. The van der Waals surface area contributed by atoms with Gasteiger partial charge in [-0.15, -0.1) is 0 Å². The van der Waals surface area contributed by atoms with Crippen molar-refractivity contribution in [2.45, 2.75) is 25.1 Å². The van der Waals surface area contributed by atoms with Crippen LogP contribution in [0.3, 0.4) is 0 Å². The monoisotopic (exact) mass is 282 g/mol. The average molecular weight is 282 g/mol. The zero-order valence-corrected chi connectivity index (χ0v) is 12.5. The second-order valence-electron chi connectivity index (χ2n) is 5.47. The second kappa shape index (κ2) is 6.73. The van der Waals surface area contributed by atoms with E-state index in [-0.39, 0.29) is 17.8 Å². The van der Waals surface area contributed by atoms with Crippen LogP contribution >= 0.6 is 11.8 Å². The molecule has 1 heterocycles. The number of hydrogen-bond donors (Lipinski definition) is 1. The standard InChI is InChI=1S/C15H23FN2S/c1-11(9-18-7-8-19-12(2)10-18)15(17)13-5-3-4-6-14(13)16/h3-6,11-12,15H,7-10,17H2,1-2H3. The molecular formula is C15H23FN2S. The summed E-state index contributed by atoms with van der Waals surface area (Å²) in [5, 5.41) is 0.686.